The Kier molecular flexibility index (Phi) is 9.23. The number of benzene rings is 2. The Bertz CT molecular complexity index is 1190. The third kappa shape index (κ3) is 6.61. The topological polar surface area (TPSA) is 56.2 Å². The van der Waals surface area contributed by atoms with Gasteiger partial charge in [0.1, 0.15) is 0 Å². The molecule has 3 rings (SSSR count). The van der Waals surface area contributed by atoms with E-state index in [1.807, 2.05) is 13.2 Å². The van der Waals surface area contributed by atoms with Gasteiger partial charge in [0.2, 0.25) is 0 Å². The number of carbonyl (C=O) groups is 2. The molecule has 0 radical (unpaired) electrons. The SMILES string of the molecule is CSCCCC1(C)CN(C(=O)N(C(=O)N(C)C)c2ccc(Br)cc2)N=C1c1ccc(C(F)(F)F)c(Cl)c1. The summed E-state index contributed by atoms with van der Waals surface area (Å²) in [5, 5.41) is 5.33. The second kappa shape index (κ2) is 11.7. The molecular weight excluding hydrogens is 593 g/mol. The first-order valence-electron chi connectivity index (χ1n) is 11.3. The quantitative estimate of drug-likeness (QED) is 0.313. The van der Waals surface area contributed by atoms with E-state index in [9.17, 15) is 22.8 Å². The molecule has 12 heteroatoms. The number of hydrogen-bond acceptors (Lipinski definition) is 4. The van der Waals surface area contributed by atoms with Crippen molar-refractivity contribution in [2.45, 2.75) is 25.9 Å². The van der Waals surface area contributed by atoms with Crippen molar-refractivity contribution in [2.24, 2.45) is 10.5 Å². The van der Waals surface area contributed by atoms with Gasteiger partial charge >= 0.3 is 18.2 Å². The van der Waals surface area contributed by atoms with Crippen molar-refractivity contribution in [3.63, 3.8) is 0 Å². The number of imide groups is 1. The van der Waals surface area contributed by atoms with Crippen LogP contribution in [0.1, 0.15) is 30.9 Å². The number of hydrazone groups is 1. The molecule has 2 aromatic rings. The smallest absolute Gasteiger partial charge is 0.330 e. The lowest BCUT2D eigenvalue weighted by molar-refractivity contribution is -0.137. The predicted molar refractivity (Wildman–Crippen MR) is 147 cm³/mol. The lowest BCUT2D eigenvalue weighted by Crippen LogP contribution is -2.49. The third-order valence-electron chi connectivity index (χ3n) is 5.99. The normalized spacial score (nSPS) is 17.5. The minimum absolute atomic E-state index is 0.155. The molecule has 1 unspecified atom stereocenters. The van der Waals surface area contributed by atoms with Crippen LogP contribution in [-0.2, 0) is 6.18 Å². The Labute approximate surface area is 231 Å². The van der Waals surface area contributed by atoms with Crippen LogP contribution in [0, 0.1) is 5.41 Å². The summed E-state index contributed by atoms with van der Waals surface area (Å²) in [6, 6.07) is 8.98. The Morgan fingerprint density at radius 1 is 1.19 bits per heavy atom. The lowest BCUT2D eigenvalue weighted by Gasteiger charge is -2.29. The van der Waals surface area contributed by atoms with Gasteiger partial charge in [0.15, 0.2) is 0 Å². The first-order chi connectivity index (χ1) is 17.3. The molecule has 1 heterocycles. The van der Waals surface area contributed by atoms with E-state index >= 15 is 0 Å². The number of hydrogen-bond donors (Lipinski definition) is 0. The van der Waals surface area contributed by atoms with E-state index in [0.717, 1.165) is 27.6 Å². The van der Waals surface area contributed by atoms with Crippen LogP contribution in [-0.4, -0.2) is 60.3 Å². The Morgan fingerprint density at radius 2 is 1.84 bits per heavy atom. The second-order valence-corrected chi connectivity index (χ2v) is 11.4. The maximum Gasteiger partial charge on any atom is 0.417 e. The zero-order valence-corrected chi connectivity index (χ0v) is 23.9. The summed E-state index contributed by atoms with van der Waals surface area (Å²) >= 11 is 11.0. The number of halogens is 5. The first kappa shape index (κ1) is 29.3. The van der Waals surface area contributed by atoms with Gasteiger partial charge in [-0.1, -0.05) is 40.5 Å². The second-order valence-electron chi connectivity index (χ2n) is 9.13. The molecule has 2 aromatic carbocycles. The van der Waals surface area contributed by atoms with Crippen molar-refractivity contribution in [1.29, 1.82) is 0 Å². The minimum atomic E-state index is -4.59. The summed E-state index contributed by atoms with van der Waals surface area (Å²) in [6.07, 6.45) is -1.16. The van der Waals surface area contributed by atoms with E-state index in [2.05, 4.69) is 21.0 Å². The van der Waals surface area contributed by atoms with Crippen molar-refractivity contribution in [3.8, 4) is 0 Å². The molecule has 37 heavy (non-hydrogen) atoms. The molecule has 1 aliphatic rings. The summed E-state index contributed by atoms with van der Waals surface area (Å²) in [6.45, 7) is 2.07. The van der Waals surface area contributed by atoms with Crippen LogP contribution in [0.5, 0.6) is 0 Å². The maximum atomic E-state index is 13.7. The van der Waals surface area contributed by atoms with Gasteiger partial charge in [0.25, 0.3) is 0 Å². The summed E-state index contributed by atoms with van der Waals surface area (Å²) in [4.78, 5) is 29.1. The van der Waals surface area contributed by atoms with Crippen molar-refractivity contribution >= 4 is 62.8 Å². The van der Waals surface area contributed by atoms with Crippen LogP contribution in [0.15, 0.2) is 52.0 Å². The molecule has 6 nitrogen and oxygen atoms in total. The molecule has 0 N–H and O–H groups in total. The summed E-state index contributed by atoms with van der Waals surface area (Å²) < 4.78 is 40.6. The minimum Gasteiger partial charge on any atom is -0.330 e. The van der Waals surface area contributed by atoms with Gasteiger partial charge in [-0.3, -0.25) is 0 Å². The molecule has 0 aliphatic carbocycles. The van der Waals surface area contributed by atoms with Gasteiger partial charge < -0.3 is 4.90 Å². The van der Waals surface area contributed by atoms with Gasteiger partial charge in [-0.15, -0.1) is 0 Å². The van der Waals surface area contributed by atoms with Crippen molar-refractivity contribution in [3.05, 3.63) is 63.1 Å². The molecule has 0 saturated carbocycles. The van der Waals surface area contributed by atoms with E-state index in [1.165, 1.54) is 36.1 Å². The molecule has 4 amide bonds. The fourth-order valence-corrected chi connectivity index (χ4v) is 5.09. The van der Waals surface area contributed by atoms with Gasteiger partial charge in [0.05, 0.1) is 28.5 Å². The Balaban J connectivity index is 2.05. The number of anilines is 1. The van der Waals surface area contributed by atoms with E-state index in [-0.39, 0.29) is 6.54 Å². The van der Waals surface area contributed by atoms with Crippen molar-refractivity contribution < 1.29 is 22.8 Å². The number of thioether (sulfide) groups is 1. The summed E-state index contributed by atoms with van der Waals surface area (Å²) in [5.74, 6) is 0.870. The number of amides is 4. The molecular formula is C25H27BrClF3N4O2S. The fourth-order valence-electron chi connectivity index (χ4n) is 4.10. The van der Waals surface area contributed by atoms with E-state index in [0.29, 0.717) is 23.4 Å². The van der Waals surface area contributed by atoms with Crippen LogP contribution < -0.4 is 4.90 Å². The zero-order valence-electron chi connectivity index (χ0n) is 20.8. The van der Waals surface area contributed by atoms with Gasteiger partial charge in [0, 0.05) is 24.0 Å². The first-order valence-corrected chi connectivity index (χ1v) is 13.9. The number of urea groups is 2. The monoisotopic (exact) mass is 618 g/mol. The number of carbonyl (C=O) groups excluding carboxylic acids is 2. The Morgan fingerprint density at radius 3 is 2.38 bits per heavy atom. The molecule has 0 bridgehead atoms. The van der Waals surface area contributed by atoms with Crippen LogP contribution in [0.4, 0.5) is 28.4 Å². The van der Waals surface area contributed by atoms with Crippen LogP contribution in [0.3, 0.4) is 0 Å². The lowest BCUT2D eigenvalue weighted by atomic mass is 9.78. The van der Waals surface area contributed by atoms with Crippen LogP contribution >= 0.6 is 39.3 Å². The highest BCUT2D eigenvalue weighted by Crippen LogP contribution is 2.40. The molecule has 0 saturated heterocycles. The molecule has 0 fully saturated rings. The maximum absolute atomic E-state index is 13.7. The summed E-state index contributed by atoms with van der Waals surface area (Å²) in [7, 11) is 3.08. The Hall–Kier alpha value is -2.24. The number of rotatable bonds is 6. The van der Waals surface area contributed by atoms with E-state index in [1.54, 1.807) is 36.0 Å². The van der Waals surface area contributed by atoms with E-state index < -0.39 is 34.2 Å². The van der Waals surface area contributed by atoms with Crippen LogP contribution in [0.2, 0.25) is 5.02 Å². The highest BCUT2D eigenvalue weighted by atomic mass is 79.9. The van der Waals surface area contributed by atoms with Gasteiger partial charge in [-0.05, 0) is 66.8 Å². The van der Waals surface area contributed by atoms with Crippen molar-refractivity contribution in [1.82, 2.24) is 9.91 Å². The average molecular weight is 620 g/mol. The number of alkyl halides is 3. The average Bonchev–Trinajstić information content (AvgIpc) is 3.17. The van der Waals surface area contributed by atoms with Gasteiger partial charge in [-0.2, -0.15) is 30.0 Å². The highest BCUT2D eigenvalue weighted by Gasteiger charge is 2.44. The molecule has 1 atom stereocenters. The molecule has 1 aliphatic heterocycles. The number of nitrogens with zero attached hydrogens (tertiary/aromatic N) is 4. The third-order valence-corrected chi connectivity index (χ3v) is 7.53. The molecule has 200 valence electrons. The highest BCUT2D eigenvalue weighted by molar-refractivity contribution is 9.10. The van der Waals surface area contributed by atoms with Crippen molar-refractivity contribution in [2.75, 3.05) is 37.5 Å². The zero-order chi connectivity index (χ0) is 27.5. The fraction of sp³-hybridized carbons (Fsp3) is 0.400. The predicted octanol–water partition coefficient (Wildman–Crippen LogP) is 7.60. The van der Waals surface area contributed by atoms with E-state index in [4.69, 9.17) is 11.6 Å². The standard InChI is InChI=1S/C25H27BrClF3N4O2S/c1-24(12-5-13-37-4)15-33(31-21(24)16-6-11-19(20(27)14-16)25(28,29)30)23(36)34(22(35)32(2)3)18-9-7-17(26)8-10-18/h6-11,14H,5,12-13,15H2,1-4H3. The molecule has 0 spiro atoms. The van der Waals surface area contributed by atoms with Crippen LogP contribution in [0.25, 0.3) is 0 Å². The summed E-state index contributed by atoms with van der Waals surface area (Å²) in [5.41, 5.74) is -0.399. The largest absolute Gasteiger partial charge is 0.417 e. The molecule has 0 aromatic heterocycles. The van der Waals surface area contributed by atoms with Gasteiger partial charge in [-0.25, -0.2) is 19.5 Å².